The summed E-state index contributed by atoms with van der Waals surface area (Å²) in [6.45, 7) is 0.0211. The fraction of sp³-hybridized carbons (Fsp3) is 0.0588. The standard InChI is InChI=1S/C17H13N5O4S/c23-16-6-3-12-8-14(4-5-15(12)26-16)27(24,25)21-9-13-2-1-7-19-17(13)22-11-18-10-20-22/h1-8,10-11,21H,9H2. The lowest BCUT2D eigenvalue weighted by Crippen LogP contribution is -2.24. The van der Waals surface area contributed by atoms with E-state index < -0.39 is 15.6 Å². The number of pyridine rings is 1. The Labute approximate surface area is 153 Å². The van der Waals surface area contributed by atoms with E-state index in [-0.39, 0.29) is 11.4 Å². The molecule has 1 N–H and O–H groups in total. The maximum atomic E-state index is 12.7. The van der Waals surface area contributed by atoms with Gasteiger partial charge in [0.15, 0.2) is 5.82 Å². The van der Waals surface area contributed by atoms with Crippen LogP contribution in [-0.4, -0.2) is 28.2 Å². The molecule has 0 radical (unpaired) electrons. The highest BCUT2D eigenvalue weighted by Gasteiger charge is 2.16. The molecule has 0 aliphatic carbocycles. The van der Waals surface area contributed by atoms with E-state index in [9.17, 15) is 13.2 Å². The van der Waals surface area contributed by atoms with Gasteiger partial charge in [-0.1, -0.05) is 6.07 Å². The molecule has 0 bridgehead atoms. The minimum absolute atomic E-state index is 0.0211. The van der Waals surface area contributed by atoms with Gasteiger partial charge in [0.25, 0.3) is 0 Å². The molecule has 4 aromatic rings. The Balaban J connectivity index is 1.62. The lowest BCUT2D eigenvalue weighted by Gasteiger charge is -2.10. The molecule has 3 aromatic heterocycles. The van der Waals surface area contributed by atoms with Crippen LogP contribution in [0, 0.1) is 0 Å². The van der Waals surface area contributed by atoms with Crippen LogP contribution in [0.2, 0.25) is 0 Å². The van der Waals surface area contributed by atoms with E-state index in [0.29, 0.717) is 22.4 Å². The SMILES string of the molecule is O=c1ccc2cc(S(=O)(=O)NCc3cccnc3-n3cncn3)ccc2o1. The fourth-order valence-corrected chi connectivity index (χ4v) is 3.61. The van der Waals surface area contributed by atoms with E-state index in [1.54, 1.807) is 18.3 Å². The molecule has 10 heteroatoms. The first kappa shape index (κ1) is 17.1. The first-order chi connectivity index (χ1) is 13.0. The third-order valence-electron chi connectivity index (χ3n) is 3.86. The zero-order valence-corrected chi connectivity index (χ0v) is 14.6. The van der Waals surface area contributed by atoms with Gasteiger partial charge in [-0.3, -0.25) is 0 Å². The van der Waals surface area contributed by atoms with E-state index in [1.165, 1.54) is 47.7 Å². The molecule has 0 amide bonds. The molecule has 9 nitrogen and oxygen atoms in total. The van der Waals surface area contributed by atoms with E-state index in [2.05, 4.69) is 19.8 Å². The second-order valence-corrected chi connectivity index (χ2v) is 7.37. The van der Waals surface area contributed by atoms with Crippen molar-refractivity contribution in [1.29, 1.82) is 0 Å². The summed E-state index contributed by atoms with van der Waals surface area (Å²) in [7, 11) is -3.79. The topological polar surface area (TPSA) is 120 Å². The van der Waals surface area contributed by atoms with Gasteiger partial charge in [0.2, 0.25) is 10.0 Å². The predicted molar refractivity (Wildman–Crippen MR) is 95.7 cm³/mol. The lowest BCUT2D eigenvalue weighted by atomic mass is 10.2. The summed E-state index contributed by atoms with van der Waals surface area (Å²) in [4.78, 5) is 19.4. The van der Waals surface area contributed by atoms with Crippen LogP contribution >= 0.6 is 0 Å². The van der Waals surface area contributed by atoms with Crippen molar-refractivity contribution in [3.63, 3.8) is 0 Å². The highest BCUT2D eigenvalue weighted by molar-refractivity contribution is 7.89. The van der Waals surface area contributed by atoms with Gasteiger partial charge in [0.1, 0.15) is 18.2 Å². The number of hydrogen-bond acceptors (Lipinski definition) is 7. The van der Waals surface area contributed by atoms with Gasteiger partial charge < -0.3 is 4.42 Å². The normalized spacial score (nSPS) is 11.7. The van der Waals surface area contributed by atoms with Crippen LogP contribution in [-0.2, 0) is 16.6 Å². The van der Waals surface area contributed by atoms with Crippen LogP contribution in [0.4, 0.5) is 0 Å². The van der Waals surface area contributed by atoms with Crippen molar-refractivity contribution in [3.05, 3.63) is 77.3 Å². The molecule has 4 rings (SSSR count). The molecule has 0 saturated carbocycles. The second-order valence-electron chi connectivity index (χ2n) is 5.60. The number of aromatic nitrogens is 4. The van der Waals surface area contributed by atoms with Crippen molar-refractivity contribution >= 4 is 21.0 Å². The summed E-state index contributed by atoms with van der Waals surface area (Å²) in [5.74, 6) is 0.484. The summed E-state index contributed by atoms with van der Waals surface area (Å²) >= 11 is 0. The number of rotatable bonds is 5. The Bertz CT molecular complexity index is 1270. The highest BCUT2D eigenvalue weighted by Crippen LogP contribution is 2.18. The Hall–Kier alpha value is -3.37. The summed E-state index contributed by atoms with van der Waals surface area (Å²) in [6, 6.07) is 10.5. The molecule has 0 fully saturated rings. The van der Waals surface area contributed by atoms with Crippen LogP contribution in [0.1, 0.15) is 5.56 Å². The molecule has 0 atom stereocenters. The zero-order chi connectivity index (χ0) is 18.9. The number of benzene rings is 1. The van der Waals surface area contributed by atoms with Crippen molar-refractivity contribution in [2.24, 2.45) is 0 Å². The van der Waals surface area contributed by atoms with Crippen molar-refractivity contribution in [2.45, 2.75) is 11.4 Å². The monoisotopic (exact) mass is 383 g/mol. The fourth-order valence-electron chi connectivity index (χ4n) is 2.57. The van der Waals surface area contributed by atoms with E-state index in [4.69, 9.17) is 4.42 Å². The molecule has 136 valence electrons. The maximum Gasteiger partial charge on any atom is 0.336 e. The quantitative estimate of drug-likeness (QED) is 0.515. The minimum Gasteiger partial charge on any atom is -0.423 e. The third-order valence-corrected chi connectivity index (χ3v) is 5.26. The van der Waals surface area contributed by atoms with Crippen LogP contribution in [0.3, 0.4) is 0 Å². The Morgan fingerprint density at radius 3 is 2.85 bits per heavy atom. The molecule has 0 spiro atoms. The molecular weight excluding hydrogens is 370 g/mol. The molecular formula is C17H13N5O4S. The second kappa shape index (κ2) is 6.74. The van der Waals surface area contributed by atoms with Gasteiger partial charge in [-0.05, 0) is 30.3 Å². The first-order valence-electron chi connectivity index (χ1n) is 7.85. The number of hydrogen-bond donors (Lipinski definition) is 1. The highest BCUT2D eigenvalue weighted by atomic mass is 32.2. The van der Waals surface area contributed by atoms with E-state index in [1.807, 2.05) is 0 Å². The number of sulfonamides is 1. The van der Waals surface area contributed by atoms with Crippen molar-refractivity contribution in [1.82, 2.24) is 24.5 Å². The van der Waals surface area contributed by atoms with Crippen molar-refractivity contribution in [2.75, 3.05) is 0 Å². The molecule has 3 heterocycles. The smallest absolute Gasteiger partial charge is 0.336 e. The largest absolute Gasteiger partial charge is 0.423 e. The van der Waals surface area contributed by atoms with Crippen LogP contribution in [0.5, 0.6) is 0 Å². The third kappa shape index (κ3) is 3.48. The molecule has 0 saturated heterocycles. The van der Waals surface area contributed by atoms with E-state index >= 15 is 0 Å². The van der Waals surface area contributed by atoms with Crippen molar-refractivity contribution < 1.29 is 12.8 Å². The molecule has 0 unspecified atom stereocenters. The summed E-state index contributed by atoms with van der Waals surface area (Å²) in [6.07, 6.45) is 4.44. The molecule has 0 aliphatic heterocycles. The van der Waals surface area contributed by atoms with Gasteiger partial charge in [0, 0.05) is 29.8 Å². The van der Waals surface area contributed by atoms with Crippen molar-refractivity contribution in [3.8, 4) is 5.82 Å². The first-order valence-corrected chi connectivity index (χ1v) is 9.34. The molecule has 27 heavy (non-hydrogen) atoms. The Kier molecular flexibility index (Phi) is 4.26. The minimum atomic E-state index is -3.79. The average Bonchev–Trinajstić information content (AvgIpc) is 3.21. The van der Waals surface area contributed by atoms with Crippen LogP contribution < -0.4 is 10.3 Å². The van der Waals surface area contributed by atoms with Gasteiger partial charge in [0.05, 0.1) is 4.90 Å². The lowest BCUT2D eigenvalue weighted by molar-refractivity contribution is 0.560. The molecule has 0 aliphatic rings. The van der Waals surface area contributed by atoms with Gasteiger partial charge in [-0.25, -0.2) is 32.6 Å². The zero-order valence-electron chi connectivity index (χ0n) is 13.8. The number of nitrogens with zero attached hydrogens (tertiary/aromatic N) is 4. The van der Waals surface area contributed by atoms with Crippen LogP contribution in [0.25, 0.3) is 16.8 Å². The van der Waals surface area contributed by atoms with Gasteiger partial charge >= 0.3 is 5.63 Å². The molecule has 1 aromatic carbocycles. The number of fused-ring (bicyclic) bond motifs is 1. The Morgan fingerprint density at radius 2 is 2.04 bits per heavy atom. The van der Waals surface area contributed by atoms with Crippen LogP contribution in [0.15, 0.2) is 75.4 Å². The maximum absolute atomic E-state index is 12.7. The summed E-state index contributed by atoms with van der Waals surface area (Å²) in [5, 5.41) is 4.54. The van der Waals surface area contributed by atoms with Gasteiger partial charge in [-0.15, -0.1) is 0 Å². The van der Waals surface area contributed by atoms with Gasteiger partial charge in [-0.2, -0.15) is 5.10 Å². The predicted octanol–water partition coefficient (Wildman–Crippen LogP) is 1.25. The Morgan fingerprint density at radius 1 is 1.15 bits per heavy atom. The number of nitrogens with one attached hydrogen (secondary N) is 1. The average molecular weight is 383 g/mol. The summed E-state index contributed by atoms with van der Waals surface area (Å²) in [5.41, 5.74) is 0.467. The van der Waals surface area contributed by atoms with E-state index in [0.717, 1.165) is 0 Å². The summed E-state index contributed by atoms with van der Waals surface area (Å²) < 4.78 is 34.3.